The first-order valence-corrected chi connectivity index (χ1v) is 9.19. The van der Waals surface area contributed by atoms with E-state index in [1.807, 2.05) is 0 Å². The number of methoxy groups -OCH3 is 1. The summed E-state index contributed by atoms with van der Waals surface area (Å²) >= 11 is 1.34. The number of ether oxygens (including phenoxy) is 1. The van der Waals surface area contributed by atoms with Gasteiger partial charge in [0, 0.05) is 23.2 Å². The molecule has 0 fully saturated rings. The molecule has 0 aliphatic carbocycles. The van der Waals surface area contributed by atoms with Crippen molar-refractivity contribution in [1.29, 1.82) is 0 Å². The lowest BCUT2D eigenvalue weighted by Gasteiger charge is -2.16. The maximum absolute atomic E-state index is 13.1. The lowest BCUT2D eigenvalue weighted by molar-refractivity contribution is 0.0600. The Morgan fingerprint density at radius 1 is 1.19 bits per heavy atom. The summed E-state index contributed by atoms with van der Waals surface area (Å²) in [5.41, 5.74) is 3.30. The van der Waals surface area contributed by atoms with Gasteiger partial charge in [0.1, 0.15) is 16.5 Å². The van der Waals surface area contributed by atoms with Gasteiger partial charge in [0.15, 0.2) is 0 Å². The Balaban J connectivity index is 1.58. The van der Waals surface area contributed by atoms with E-state index in [1.165, 1.54) is 30.6 Å². The lowest BCUT2D eigenvalue weighted by Crippen LogP contribution is -2.29. The Bertz CT molecular complexity index is 1030. The van der Waals surface area contributed by atoms with Crippen molar-refractivity contribution in [1.82, 2.24) is 4.98 Å². The van der Waals surface area contributed by atoms with Crippen LogP contribution in [-0.2, 0) is 11.2 Å². The van der Waals surface area contributed by atoms with Gasteiger partial charge in [0.25, 0.3) is 5.91 Å². The number of hydrogen-bond donors (Lipinski definition) is 0. The second kappa shape index (κ2) is 6.92. The average Bonchev–Trinajstić information content (AvgIpc) is 3.34. The van der Waals surface area contributed by atoms with Gasteiger partial charge in [-0.25, -0.2) is 14.2 Å². The number of carbonyl (C=O) groups is 2. The van der Waals surface area contributed by atoms with E-state index in [0.717, 1.165) is 16.8 Å². The first-order chi connectivity index (χ1) is 13.1. The van der Waals surface area contributed by atoms with Crippen molar-refractivity contribution < 1.29 is 18.7 Å². The molecule has 0 spiro atoms. The summed E-state index contributed by atoms with van der Waals surface area (Å²) in [6, 6.07) is 11.2. The standard InChI is InChI=1S/C20H15FN2O3S/c1-26-20(25)14-4-7-17-13(10-14)8-9-23(17)19(24)16-11-27-18(22-16)12-2-5-15(21)6-3-12/h2-7,10-11H,8-9H2,1H3. The molecular formula is C20H15FN2O3S. The van der Waals surface area contributed by atoms with E-state index in [9.17, 15) is 14.0 Å². The topological polar surface area (TPSA) is 59.5 Å². The number of carbonyl (C=O) groups excluding carboxylic acids is 2. The molecule has 1 aliphatic heterocycles. The molecule has 0 bridgehead atoms. The first-order valence-electron chi connectivity index (χ1n) is 8.31. The quantitative estimate of drug-likeness (QED) is 0.644. The largest absolute Gasteiger partial charge is 0.465 e. The Hall–Kier alpha value is -3.06. The SMILES string of the molecule is COC(=O)c1ccc2c(c1)CCN2C(=O)c1csc(-c2ccc(F)cc2)n1. The van der Waals surface area contributed by atoms with Crippen molar-refractivity contribution in [3.63, 3.8) is 0 Å². The maximum atomic E-state index is 13.1. The molecular weight excluding hydrogens is 367 g/mol. The lowest BCUT2D eigenvalue weighted by atomic mass is 10.1. The molecule has 1 aromatic heterocycles. The third-order valence-corrected chi connectivity index (χ3v) is 5.35. The molecule has 0 unspecified atom stereocenters. The molecule has 27 heavy (non-hydrogen) atoms. The van der Waals surface area contributed by atoms with E-state index in [1.54, 1.807) is 40.6 Å². The molecule has 0 atom stereocenters. The monoisotopic (exact) mass is 382 g/mol. The molecule has 1 amide bonds. The van der Waals surface area contributed by atoms with E-state index in [2.05, 4.69) is 4.98 Å². The fraction of sp³-hybridized carbons (Fsp3) is 0.150. The smallest absolute Gasteiger partial charge is 0.337 e. The van der Waals surface area contributed by atoms with Gasteiger partial charge in [-0.1, -0.05) is 0 Å². The maximum Gasteiger partial charge on any atom is 0.337 e. The molecule has 0 saturated heterocycles. The Kier molecular flexibility index (Phi) is 4.45. The van der Waals surface area contributed by atoms with Gasteiger partial charge in [0.2, 0.25) is 0 Å². The van der Waals surface area contributed by atoms with E-state index in [-0.39, 0.29) is 11.7 Å². The number of thiazole rings is 1. The van der Waals surface area contributed by atoms with Crippen LogP contribution in [-0.4, -0.2) is 30.5 Å². The molecule has 3 aromatic rings. The van der Waals surface area contributed by atoms with Crippen LogP contribution in [0.1, 0.15) is 26.4 Å². The molecule has 4 rings (SSSR count). The van der Waals surface area contributed by atoms with Crippen molar-refractivity contribution in [3.8, 4) is 10.6 Å². The minimum absolute atomic E-state index is 0.191. The van der Waals surface area contributed by atoms with Crippen LogP contribution < -0.4 is 4.90 Å². The Labute approximate surface area is 159 Å². The zero-order valence-corrected chi connectivity index (χ0v) is 15.3. The zero-order valence-electron chi connectivity index (χ0n) is 14.4. The van der Waals surface area contributed by atoms with E-state index in [4.69, 9.17) is 4.74 Å². The number of halogens is 1. The van der Waals surface area contributed by atoms with Crippen LogP contribution in [0, 0.1) is 5.82 Å². The van der Waals surface area contributed by atoms with Gasteiger partial charge in [0.05, 0.1) is 12.7 Å². The molecule has 1 aliphatic rings. The van der Waals surface area contributed by atoms with Gasteiger partial charge < -0.3 is 9.64 Å². The second-order valence-corrected chi connectivity index (χ2v) is 6.94. The van der Waals surface area contributed by atoms with Gasteiger partial charge in [-0.05, 0) is 54.4 Å². The molecule has 5 nitrogen and oxygen atoms in total. The van der Waals surface area contributed by atoms with Crippen molar-refractivity contribution >= 4 is 28.9 Å². The molecule has 0 radical (unpaired) electrons. The van der Waals surface area contributed by atoms with Gasteiger partial charge in [-0.2, -0.15) is 0 Å². The van der Waals surface area contributed by atoms with Crippen molar-refractivity contribution in [2.75, 3.05) is 18.6 Å². The van der Waals surface area contributed by atoms with E-state index >= 15 is 0 Å². The fourth-order valence-electron chi connectivity index (χ4n) is 3.09. The average molecular weight is 382 g/mol. The van der Waals surface area contributed by atoms with Crippen LogP contribution in [0.15, 0.2) is 47.8 Å². The highest BCUT2D eigenvalue weighted by Crippen LogP contribution is 2.31. The van der Waals surface area contributed by atoms with Gasteiger partial charge in [-0.3, -0.25) is 4.79 Å². The predicted octanol–water partition coefficient (Wildman–Crippen LogP) is 3.94. The predicted molar refractivity (Wildman–Crippen MR) is 101 cm³/mol. The van der Waals surface area contributed by atoms with Crippen LogP contribution in [0.5, 0.6) is 0 Å². The highest BCUT2D eigenvalue weighted by Gasteiger charge is 2.28. The Morgan fingerprint density at radius 2 is 1.96 bits per heavy atom. The minimum Gasteiger partial charge on any atom is -0.465 e. The summed E-state index contributed by atoms with van der Waals surface area (Å²) in [7, 11) is 1.34. The minimum atomic E-state index is -0.397. The van der Waals surface area contributed by atoms with Crippen molar-refractivity contribution in [3.05, 3.63) is 70.5 Å². The number of fused-ring (bicyclic) bond motifs is 1. The Morgan fingerprint density at radius 3 is 2.70 bits per heavy atom. The molecule has 7 heteroatoms. The normalized spacial score (nSPS) is 12.7. The van der Waals surface area contributed by atoms with Crippen LogP contribution in [0.2, 0.25) is 0 Å². The number of benzene rings is 2. The summed E-state index contributed by atoms with van der Waals surface area (Å²) in [6.07, 6.45) is 0.668. The van der Waals surface area contributed by atoms with Crippen LogP contribution in [0.25, 0.3) is 10.6 Å². The summed E-state index contributed by atoms with van der Waals surface area (Å²) in [6.45, 7) is 0.530. The highest BCUT2D eigenvalue weighted by atomic mass is 32.1. The first kappa shape index (κ1) is 17.4. The zero-order chi connectivity index (χ0) is 19.0. The number of amides is 1. The number of aromatic nitrogens is 1. The van der Waals surface area contributed by atoms with Crippen molar-refractivity contribution in [2.45, 2.75) is 6.42 Å². The van der Waals surface area contributed by atoms with E-state index in [0.29, 0.717) is 29.2 Å². The summed E-state index contributed by atoms with van der Waals surface area (Å²) in [5, 5.41) is 2.38. The van der Waals surface area contributed by atoms with Gasteiger partial charge >= 0.3 is 5.97 Å². The summed E-state index contributed by atoms with van der Waals surface area (Å²) in [5.74, 6) is -0.901. The summed E-state index contributed by atoms with van der Waals surface area (Å²) in [4.78, 5) is 30.7. The molecule has 2 heterocycles. The number of rotatable bonds is 3. The van der Waals surface area contributed by atoms with Crippen LogP contribution in [0.4, 0.5) is 10.1 Å². The third-order valence-electron chi connectivity index (χ3n) is 4.46. The second-order valence-electron chi connectivity index (χ2n) is 6.09. The number of hydrogen-bond acceptors (Lipinski definition) is 5. The van der Waals surface area contributed by atoms with Crippen LogP contribution >= 0.6 is 11.3 Å². The fourth-order valence-corrected chi connectivity index (χ4v) is 3.89. The molecule has 136 valence electrons. The van der Waals surface area contributed by atoms with E-state index < -0.39 is 5.97 Å². The third kappa shape index (κ3) is 3.21. The number of anilines is 1. The van der Waals surface area contributed by atoms with Crippen LogP contribution in [0.3, 0.4) is 0 Å². The molecule has 2 aromatic carbocycles. The number of nitrogens with zero attached hydrogens (tertiary/aromatic N) is 2. The van der Waals surface area contributed by atoms with Crippen molar-refractivity contribution in [2.24, 2.45) is 0 Å². The van der Waals surface area contributed by atoms with Gasteiger partial charge in [-0.15, -0.1) is 11.3 Å². The molecule has 0 N–H and O–H groups in total. The molecule has 0 saturated carbocycles. The summed E-state index contributed by atoms with van der Waals surface area (Å²) < 4.78 is 17.8. The number of esters is 1. The highest BCUT2D eigenvalue weighted by molar-refractivity contribution is 7.13.